The summed E-state index contributed by atoms with van der Waals surface area (Å²) in [4.78, 5) is 30.3. The Bertz CT molecular complexity index is 589. The van der Waals surface area contributed by atoms with Gasteiger partial charge in [-0.15, -0.1) is 35.8 Å². The van der Waals surface area contributed by atoms with Gasteiger partial charge in [0.2, 0.25) is 0 Å². The molecule has 5 nitrogen and oxygen atoms in total. The monoisotopic (exact) mass is 456 g/mol. The van der Waals surface area contributed by atoms with Gasteiger partial charge < -0.3 is 5.11 Å². The molecule has 1 aliphatic carbocycles. The van der Waals surface area contributed by atoms with E-state index < -0.39 is 15.8 Å². The Hall–Kier alpha value is -0.240. The molecule has 134 valence electrons. The second-order valence-corrected chi connectivity index (χ2v) is 8.97. The van der Waals surface area contributed by atoms with Crippen molar-refractivity contribution in [2.24, 2.45) is 4.99 Å². The smallest absolute Gasteiger partial charge is 0.352 e. The molecule has 0 aromatic carbocycles. The third-order valence-electron chi connectivity index (χ3n) is 4.54. The molecule has 2 heterocycles. The lowest BCUT2D eigenvalue weighted by Gasteiger charge is -2.55. The standard InChI is InChI=1S/C15H18BrClN2O3S.ClH/c16-12(17)15(18-9-5-3-1-2-4-6-9)13(22)19-10(11(20)21)7-8-23-14(15)19;/h7,12,14H,1-6,8H2,(H,20,21);1H/t12-,14-,15+;/m0./s1. The fraction of sp³-hybridized carbons (Fsp3) is 0.667. The van der Waals surface area contributed by atoms with E-state index >= 15 is 0 Å². The van der Waals surface area contributed by atoms with Crippen LogP contribution in [0.3, 0.4) is 0 Å². The van der Waals surface area contributed by atoms with E-state index in [0.29, 0.717) is 5.75 Å². The Balaban J connectivity index is 0.00000208. The minimum atomic E-state index is -1.10. The number of halogens is 3. The molecule has 0 aromatic heterocycles. The van der Waals surface area contributed by atoms with Gasteiger partial charge in [-0.25, -0.2) is 4.79 Å². The summed E-state index contributed by atoms with van der Waals surface area (Å²) in [5, 5.41) is 8.94. The number of hydrogen-bond donors (Lipinski definition) is 1. The van der Waals surface area contributed by atoms with Crippen LogP contribution < -0.4 is 0 Å². The SMILES string of the molecule is Cl.O=C(O)C1=CCS[C@@H]2N1C(=O)[C@]2(N=C1CCCCCC1)[C@H](Cl)Br. The molecule has 24 heavy (non-hydrogen) atoms. The normalized spacial score (nSPS) is 31.0. The highest BCUT2D eigenvalue weighted by Gasteiger charge is 2.67. The van der Waals surface area contributed by atoms with E-state index in [4.69, 9.17) is 16.6 Å². The summed E-state index contributed by atoms with van der Waals surface area (Å²) in [6.45, 7) is 0. The molecule has 1 saturated heterocycles. The van der Waals surface area contributed by atoms with Gasteiger partial charge >= 0.3 is 5.97 Å². The van der Waals surface area contributed by atoms with Crippen LogP contribution >= 0.6 is 51.7 Å². The number of aliphatic imine (C=N–C) groups is 1. The first kappa shape index (κ1) is 20.1. The molecule has 3 rings (SSSR count). The molecule has 1 N–H and O–H groups in total. The van der Waals surface area contributed by atoms with Gasteiger partial charge in [0.15, 0.2) is 5.54 Å². The van der Waals surface area contributed by atoms with Gasteiger partial charge in [0.25, 0.3) is 5.91 Å². The first-order valence-electron chi connectivity index (χ1n) is 7.73. The van der Waals surface area contributed by atoms with E-state index in [1.165, 1.54) is 29.5 Å². The molecule has 0 aromatic rings. The number of aliphatic carboxylic acids is 1. The number of rotatable bonds is 3. The zero-order chi connectivity index (χ0) is 16.6. The van der Waals surface area contributed by atoms with Crippen molar-refractivity contribution in [3.8, 4) is 0 Å². The lowest BCUT2D eigenvalue weighted by atomic mass is 9.88. The summed E-state index contributed by atoms with van der Waals surface area (Å²) < 4.78 is -0.653. The van der Waals surface area contributed by atoms with Crippen molar-refractivity contribution < 1.29 is 14.7 Å². The number of hydrogen-bond acceptors (Lipinski definition) is 4. The van der Waals surface area contributed by atoms with Crippen LogP contribution in [0.15, 0.2) is 16.8 Å². The van der Waals surface area contributed by atoms with Crippen molar-refractivity contribution in [3.63, 3.8) is 0 Å². The Morgan fingerprint density at radius 3 is 2.58 bits per heavy atom. The van der Waals surface area contributed by atoms with Crippen molar-refractivity contribution >= 4 is 69.3 Å². The van der Waals surface area contributed by atoms with E-state index in [0.717, 1.165) is 31.4 Å². The average Bonchev–Trinajstić information content (AvgIpc) is 2.79. The number of β-lactam (4-membered cyclic amide) rings is 1. The second kappa shape index (κ2) is 7.98. The van der Waals surface area contributed by atoms with Crippen LogP contribution in [0.2, 0.25) is 0 Å². The molecule has 0 spiro atoms. The van der Waals surface area contributed by atoms with Gasteiger partial charge in [0.1, 0.15) is 15.4 Å². The summed E-state index contributed by atoms with van der Waals surface area (Å²) in [6, 6.07) is 0. The number of alkyl halides is 2. The molecule has 1 saturated carbocycles. The quantitative estimate of drug-likeness (QED) is 0.397. The zero-order valence-electron chi connectivity index (χ0n) is 12.9. The number of carboxylic acids is 1. The largest absolute Gasteiger partial charge is 0.477 e. The van der Waals surface area contributed by atoms with Gasteiger partial charge in [0.05, 0.1) is 0 Å². The van der Waals surface area contributed by atoms with Crippen LogP contribution in [0.5, 0.6) is 0 Å². The average molecular weight is 458 g/mol. The van der Waals surface area contributed by atoms with Gasteiger partial charge in [-0.1, -0.05) is 28.8 Å². The highest BCUT2D eigenvalue weighted by atomic mass is 79.9. The molecule has 0 radical (unpaired) electrons. The van der Waals surface area contributed by atoms with E-state index in [-0.39, 0.29) is 29.4 Å². The van der Waals surface area contributed by atoms with E-state index in [1.807, 2.05) is 0 Å². The maximum Gasteiger partial charge on any atom is 0.352 e. The summed E-state index contributed by atoms with van der Waals surface area (Å²) >= 11 is 11.2. The molecule has 1 amide bonds. The van der Waals surface area contributed by atoms with Gasteiger partial charge in [-0.3, -0.25) is 14.7 Å². The number of carbonyl (C=O) groups is 2. The molecular weight excluding hydrogens is 439 g/mol. The van der Waals surface area contributed by atoms with Gasteiger partial charge in [0, 0.05) is 11.5 Å². The van der Waals surface area contributed by atoms with Crippen LogP contribution in [0.25, 0.3) is 0 Å². The Morgan fingerprint density at radius 2 is 2.04 bits per heavy atom. The van der Waals surface area contributed by atoms with Crippen LogP contribution in [0.4, 0.5) is 0 Å². The molecule has 3 atom stereocenters. The van der Waals surface area contributed by atoms with Gasteiger partial charge in [-0.05, 0) is 31.8 Å². The van der Waals surface area contributed by atoms with Crippen molar-refractivity contribution in [2.45, 2.75) is 53.7 Å². The molecule has 2 aliphatic heterocycles. The zero-order valence-corrected chi connectivity index (χ0v) is 16.9. The van der Waals surface area contributed by atoms with Crippen LogP contribution in [-0.2, 0) is 9.59 Å². The summed E-state index contributed by atoms with van der Waals surface area (Å²) in [7, 11) is 0. The third kappa shape index (κ3) is 3.24. The minimum absolute atomic E-state index is 0. The predicted octanol–water partition coefficient (Wildman–Crippen LogP) is 3.79. The number of carboxylic acid groups (broad SMARTS) is 1. The van der Waals surface area contributed by atoms with Crippen LogP contribution in [-0.4, -0.2) is 48.5 Å². The first-order chi connectivity index (χ1) is 11.0. The van der Waals surface area contributed by atoms with Crippen molar-refractivity contribution in [1.82, 2.24) is 4.90 Å². The highest BCUT2D eigenvalue weighted by Crippen LogP contribution is 2.51. The Morgan fingerprint density at radius 1 is 1.42 bits per heavy atom. The van der Waals surface area contributed by atoms with Crippen molar-refractivity contribution in [2.75, 3.05) is 5.75 Å². The van der Waals surface area contributed by atoms with Crippen molar-refractivity contribution in [3.05, 3.63) is 11.8 Å². The fourth-order valence-electron chi connectivity index (χ4n) is 3.34. The molecule has 0 bridgehead atoms. The van der Waals surface area contributed by atoms with E-state index in [1.54, 1.807) is 6.08 Å². The second-order valence-electron chi connectivity index (χ2n) is 5.97. The van der Waals surface area contributed by atoms with Crippen LogP contribution in [0, 0.1) is 0 Å². The highest BCUT2D eigenvalue weighted by molar-refractivity contribution is 9.10. The lowest BCUT2D eigenvalue weighted by molar-refractivity contribution is -0.153. The Labute approximate surface area is 164 Å². The number of thioether (sulfide) groups is 1. The maximum absolute atomic E-state index is 12.8. The van der Waals surface area contributed by atoms with E-state index in [2.05, 4.69) is 15.9 Å². The molecule has 9 heteroatoms. The van der Waals surface area contributed by atoms with Crippen LogP contribution in [0.1, 0.15) is 38.5 Å². The number of amides is 1. The number of nitrogens with zero attached hydrogens (tertiary/aromatic N) is 2. The molecule has 2 fully saturated rings. The predicted molar refractivity (Wildman–Crippen MR) is 102 cm³/mol. The molecular formula is C15H19BrCl2N2O3S. The number of fused-ring (bicyclic) bond motifs is 1. The molecule has 3 aliphatic rings. The first-order valence-corrected chi connectivity index (χ1v) is 10.1. The lowest BCUT2D eigenvalue weighted by Crippen LogP contribution is -2.75. The summed E-state index contributed by atoms with van der Waals surface area (Å²) in [6.07, 6.45) is 7.90. The maximum atomic E-state index is 12.8. The topological polar surface area (TPSA) is 70.0 Å². The fourth-order valence-corrected chi connectivity index (χ4v) is 5.74. The minimum Gasteiger partial charge on any atom is -0.477 e. The molecule has 0 unspecified atom stereocenters. The van der Waals surface area contributed by atoms with Gasteiger partial charge in [-0.2, -0.15) is 0 Å². The summed E-state index contributed by atoms with van der Waals surface area (Å²) in [5.74, 6) is -0.865. The van der Waals surface area contributed by atoms with Crippen molar-refractivity contribution in [1.29, 1.82) is 0 Å². The summed E-state index contributed by atoms with van der Waals surface area (Å²) in [5.41, 5.74) is -0.0196. The Kier molecular flexibility index (Phi) is 6.67. The van der Waals surface area contributed by atoms with E-state index in [9.17, 15) is 14.7 Å². The third-order valence-corrected chi connectivity index (χ3v) is 6.81. The number of carbonyl (C=O) groups excluding carboxylic acids is 1.